The second-order valence-corrected chi connectivity index (χ2v) is 3.40. The zero-order valence-corrected chi connectivity index (χ0v) is 9.42. The van der Waals surface area contributed by atoms with Gasteiger partial charge in [0, 0.05) is 12.6 Å². The van der Waals surface area contributed by atoms with Crippen LogP contribution in [0, 0.1) is 5.92 Å². The fourth-order valence-corrected chi connectivity index (χ4v) is 1.03. The van der Waals surface area contributed by atoms with Crippen molar-refractivity contribution in [3.8, 4) is 0 Å². The number of likely N-dealkylation sites (N-methyl/N-ethyl adjacent to an activating group) is 1. The van der Waals surface area contributed by atoms with Crippen LogP contribution >= 0.6 is 0 Å². The quantitative estimate of drug-likeness (QED) is 0.539. The highest BCUT2D eigenvalue weighted by atomic mass is 16.1. The summed E-state index contributed by atoms with van der Waals surface area (Å²) in [5.74, 6) is 0.264. The molecule has 78 valence electrons. The minimum Gasteiger partial charge on any atom is -0.355 e. The van der Waals surface area contributed by atoms with Gasteiger partial charge in [-0.05, 0) is 24.5 Å². The van der Waals surface area contributed by atoms with Crippen molar-refractivity contribution in [2.45, 2.75) is 20.8 Å². The lowest BCUT2D eigenvalue weighted by molar-refractivity contribution is -0.116. The van der Waals surface area contributed by atoms with E-state index >= 15 is 0 Å². The molecule has 0 aromatic carbocycles. The molecule has 0 radical (unpaired) electrons. The van der Waals surface area contributed by atoms with Gasteiger partial charge in [-0.25, -0.2) is 0 Å². The maximum absolute atomic E-state index is 11.2. The Bertz CT molecular complexity index is 272. The van der Waals surface area contributed by atoms with E-state index < -0.39 is 0 Å². The second-order valence-electron chi connectivity index (χ2n) is 3.40. The Morgan fingerprint density at radius 3 is 2.36 bits per heavy atom. The van der Waals surface area contributed by atoms with Gasteiger partial charge in [0.05, 0.1) is 0 Å². The number of amides is 1. The predicted molar refractivity (Wildman–Crippen MR) is 60.9 cm³/mol. The molecule has 0 rings (SSSR count). The van der Waals surface area contributed by atoms with Gasteiger partial charge in [0.25, 0.3) is 0 Å². The van der Waals surface area contributed by atoms with Crippen LogP contribution in [0.4, 0.5) is 0 Å². The third-order valence-electron chi connectivity index (χ3n) is 1.89. The first-order chi connectivity index (χ1) is 6.52. The molecule has 0 saturated heterocycles. The Balaban J connectivity index is 4.74. The van der Waals surface area contributed by atoms with Crippen LogP contribution in [0.2, 0.25) is 0 Å². The summed E-state index contributed by atoms with van der Waals surface area (Å²) in [4.78, 5) is 11.2. The van der Waals surface area contributed by atoms with E-state index in [0.29, 0.717) is 11.5 Å². The molecule has 0 spiro atoms. The lowest BCUT2D eigenvalue weighted by Gasteiger charge is -2.07. The van der Waals surface area contributed by atoms with E-state index in [1.807, 2.05) is 25.2 Å². The van der Waals surface area contributed by atoms with Crippen molar-refractivity contribution in [2.24, 2.45) is 5.92 Å². The smallest absolute Gasteiger partial charge is 0.250 e. The molecule has 14 heavy (non-hydrogen) atoms. The highest BCUT2D eigenvalue weighted by molar-refractivity contribution is 5.95. The summed E-state index contributed by atoms with van der Waals surface area (Å²) < 4.78 is 0. The summed E-state index contributed by atoms with van der Waals surface area (Å²) in [7, 11) is 1.60. The molecule has 2 heteroatoms. The largest absolute Gasteiger partial charge is 0.355 e. The van der Waals surface area contributed by atoms with Crippen LogP contribution in [-0.2, 0) is 4.79 Å². The molecule has 0 fully saturated rings. The molecule has 0 aromatic rings. The number of rotatable bonds is 4. The SMILES string of the molecule is C=C(/C=C(\C=C/C)C(C)C)C(=O)NC. The van der Waals surface area contributed by atoms with Crippen LogP contribution in [0.3, 0.4) is 0 Å². The van der Waals surface area contributed by atoms with Crippen molar-refractivity contribution in [1.29, 1.82) is 0 Å². The molecule has 0 unspecified atom stereocenters. The predicted octanol–water partition coefficient (Wildman–Crippen LogP) is 2.45. The first-order valence-corrected chi connectivity index (χ1v) is 4.78. The van der Waals surface area contributed by atoms with E-state index in [0.717, 1.165) is 5.57 Å². The summed E-state index contributed by atoms with van der Waals surface area (Å²) in [5.41, 5.74) is 1.61. The first-order valence-electron chi connectivity index (χ1n) is 4.78. The summed E-state index contributed by atoms with van der Waals surface area (Å²) in [5, 5.41) is 2.54. The fourth-order valence-electron chi connectivity index (χ4n) is 1.03. The van der Waals surface area contributed by atoms with Gasteiger partial charge < -0.3 is 5.32 Å². The van der Waals surface area contributed by atoms with Crippen molar-refractivity contribution in [1.82, 2.24) is 5.32 Å². The van der Waals surface area contributed by atoms with Gasteiger partial charge in [-0.2, -0.15) is 0 Å². The molecular formula is C12H19NO. The molecule has 1 N–H and O–H groups in total. The molecule has 0 atom stereocenters. The maximum Gasteiger partial charge on any atom is 0.250 e. The van der Waals surface area contributed by atoms with E-state index in [1.165, 1.54) is 0 Å². The minimum absolute atomic E-state index is 0.132. The number of carbonyl (C=O) groups excluding carboxylic acids is 1. The Morgan fingerprint density at radius 1 is 1.43 bits per heavy atom. The van der Waals surface area contributed by atoms with Crippen LogP contribution in [0.25, 0.3) is 0 Å². The Morgan fingerprint density at radius 2 is 2.00 bits per heavy atom. The van der Waals surface area contributed by atoms with Crippen LogP contribution in [0.15, 0.2) is 36.0 Å². The Kier molecular flexibility index (Phi) is 5.61. The van der Waals surface area contributed by atoms with E-state index in [2.05, 4.69) is 25.7 Å². The highest BCUT2D eigenvalue weighted by Gasteiger charge is 2.04. The Hall–Kier alpha value is -1.31. The third-order valence-corrected chi connectivity index (χ3v) is 1.89. The van der Waals surface area contributed by atoms with Crippen molar-refractivity contribution in [3.63, 3.8) is 0 Å². The number of carbonyl (C=O) groups is 1. The topological polar surface area (TPSA) is 29.1 Å². The highest BCUT2D eigenvalue weighted by Crippen LogP contribution is 2.13. The standard InChI is InChI=1S/C12H19NO/c1-6-7-11(9(2)3)8-10(4)12(14)13-5/h6-9H,4H2,1-3,5H3,(H,13,14)/b7-6-,11-8+. The van der Waals surface area contributed by atoms with Gasteiger partial charge in [-0.3, -0.25) is 4.79 Å². The van der Waals surface area contributed by atoms with Gasteiger partial charge in [0.1, 0.15) is 0 Å². The minimum atomic E-state index is -0.132. The number of hydrogen-bond acceptors (Lipinski definition) is 1. The molecular weight excluding hydrogens is 174 g/mol. The monoisotopic (exact) mass is 193 g/mol. The van der Waals surface area contributed by atoms with E-state index in [4.69, 9.17) is 0 Å². The molecule has 1 amide bonds. The van der Waals surface area contributed by atoms with Gasteiger partial charge in [-0.15, -0.1) is 0 Å². The lowest BCUT2D eigenvalue weighted by Crippen LogP contribution is -2.18. The zero-order valence-electron chi connectivity index (χ0n) is 9.42. The van der Waals surface area contributed by atoms with Gasteiger partial charge >= 0.3 is 0 Å². The molecule has 0 aliphatic heterocycles. The normalized spacial score (nSPS) is 12.2. The third kappa shape index (κ3) is 4.08. The number of hydrogen-bond donors (Lipinski definition) is 1. The molecule has 2 nitrogen and oxygen atoms in total. The van der Waals surface area contributed by atoms with E-state index in [1.54, 1.807) is 7.05 Å². The summed E-state index contributed by atoms with van der Waals surface area (Å²) >= 11 is 0. The van der Waals surface area contributed by atoms with Crippen molar-refractivity contribution in [2.75, 3.05) is 7.05 Å². The van der Waals surface area contributed by atoms with E-state index in [9.17, 15) is 4.79 Å². The van der Waals surface area contributed by atoms with Crippen molar-refractivity contribution < 1.29 is 4.79 Å². The molecule has 0 aliphatic rings. The fraction of sp³-hybridized carbons (Fsp3) is 0.417. The lowest BCUT2D eigenvalue weighted by atomic mass is 10.00. The molecule has 0 aliphatic carbocycles. The summed E-state index contributed by atoms with van der Waals surface area (Å²) in [6, 6.07) is 0. The van der Waals surface area contributed by atoms with E-state index in [-0.39, 0.29) is 5.91 Å². The summed E-state index contributed by atoms with van der Waals surface area (Å²) in [6.45, 7) is 9.84. The first kappa shape index (κ1) is 12.7. The molecule has 0 heterocycles. The molecule has 0 bridgehead atoms. The van der Waals surface area contributed by atoms with Crippen molar-refractivity contribution >= 4 is 5.91 Å². The average Bonchev–Trinajstić information content (AvgIpc) is 2.15. The maximum atomic E-state index is 11.2. The van der Waals surface area contributed by atoms with Crippen LogP contribution in [-0.4, -0.2) is 13.0 Å². The summed E-state index contributed by atoms with van der Waals surface area (Å²) in [6.07, 6.45) is 5.78. The zero-order chi connectivity index (χ0) is 11.1. The number of allylic oxidation sites excluding steroid dienone is 3. The van der Waals surface area contributed by atoms with Crippen LogP contribution in [0.5, 0.6) is 0 Å². The van der Waals surface area contributed by atoms with Gasteiger partial charge in [0.15, 0.2) is 0 Å². The van der Waals surface area contributed by atoms with Crippen molar-refractivity contribution in [3.05, 3.63) is 36.0 Å². The molecule has 0 aromatic heterocycles. The Labute approximate surface area is 86.4 Å². The van der Waals surface area contributed by atoms with Crippen LogP contribution < -0.4 is 5.32 Å². The number of nitrogens with one attached hydrogen (secondary N) is 1. The second kappa shape index (κ2) is 6.19. The van der Waals surface area contributed by atoms with Gasteiger partial charge in [-0.1, -0.05) is 32.6 Å². The molecule has 0 saturated carbocycles. The van der Waals surface area contributed by atoms with Gasteiger partial charge in [0.2, 0.25) is 5.91 Å². The van der Waals surface area contributed by atoms with Crippen LogP contribution in [0.1, 0.15) is 20.8 Å². The average molecular weight is 193 g/mol.